The number of ether oxygens (including phenoxy) is 1. The molecule has 0 amide bonds. The van der Waals surface area contributed by atoms with Gasteiger partial charge in [-0.25, -0.2) is 0 Å². The van der Waals surface area contributed by atoms with Gasteiger partial charge >= 0.3 is 0 Å². The highest BCUT2D eigenvalue weighted by atomic mass is 16.5. The Balaban J connectivity index is 1.37. The van der Waals surface area contributed by atoms with Crippen molar-refractivity contribution in [3.05, 3.63) is 155 Å². The van der Waals surface area contributed by atoms with Crippen LogP contribution in [0.2, 0.25) is 0 Å². The van der Waals surface area contributed by atoms with Gasteiger partial charge in [0.05, 0.1) is 0 Å². The molecular formula is C36H38O. The van der Waals surface area contributed by atoms with E-state index >= 15 is 0 Å². The van der Waals surface area contributed by atoms with Crippen LogP contribution in [-0.4, -0.2) is 7.11 Å². The van der Waals surface area contributed by atoms with E-state index in [9.17, 15) is 0 Å². The van der Waals surface area contributed by atoms with Crippen LogP contribution in [0.3, 0.4) is 0 Å². The molecule has 0 aliphatic heterocycles. The monoisotopic (exact) mass is 486 g/mol. The fourth-order valence-electron chi connectivity index (χ4n) is 5.45. The molecule has 3 aromatic carbocycles. The maximum atomic E-state index is 6.01. The number of rotatable bonds is 5. The van der Waals surface area contributed by atoms with Crippen molar-refractivity contribution in [3.8, 4) is 0 Å². The van der Waals surface area contributed by atoms with Crippen molar-refractivity contribution in [1.82, 2.24) is 0 Å². The average Bonchev–Trinajstić information content (AvgIpc) is 2.92. The lowest BCUT2D eigenvalue weighted by molar-refractivity contribution is 0.0698. The van der Waals surface area contributed by atoms with E-state index in [2.05, 4.69) is 156 Å². The fraction of sp³-hybridized carbons (Fsp3) is 0.278. The molecule has 5 rings (SSSR count). The van der Waals surface area contributed by atoms with Crippen LogP contribution >= 0.6 is 0 Å². The van der Waals surface area contributed by atoms with Crippen LogP contribution in [-0.2, 0) is 26.6 Å². The van der Waals surface area contributed by atoms with E-state index in [4.69, 9.17) is 4.74 Å². The van der Waals surface area contributed by atoms with E-state index in [1.54, 1.807) is 7.11 Å². The molecule has 0 heterocycles. The standard InChI is InChI=1S/C36H38O/c1-27-7-11-29(12-8-27)33(3)19-21-34(4,22-20-33)30-15-17-31(18-16-30)35(5)23-25-36(37-6,26-24-35)32-13-9-28(2)10-14-32/h7-26H,1-6H3. The second-order valence-electron chi connectivity index (χ2n) is 11.5. The summed E-state index contributed by atoms with van der Waals surface area (Å²) < 4.78 is 6.01. The van der Waals surface area contributed by atoms with E-state index in [0.717, 1.165) is 5.56 Å². The molecule has 0 fully saturated rings. The number of allylic oxidation sites excluding steroid dienone is 6. The molecular weight excluding hydrogens is 448 g/mol. The topological polar surface area (TPSA) is 9.23 Å². The van der Waals surface area contributed by atoms with Crippen molar-refractivity contribution in [1.29, 1.82) is 0 Å². The Labute approximate surface area is 222 Å². The van der Waals surface area contributed by atoms with Crippen LogP contribution in [0.5, 0.6) is 0 Å². The minimum absolute atomic E-state index is 0.0798. The molecule has 1 heteroatoms. The van der Waals surface area contributed by atoms with Crippen LogP contribution in [0.25, 0.3) is 0 Å². The third-order valence-electron chi connectivity index (χ3n) is 8.55. The zero-order valence-electron chi connectivity index (χ0n) is 23.0. The molecule has 37 heavy (non-hydrogen) atoms. The highest BCUT2D eigenvalue weighted by molar-refractivity contribution is 5.50. The molecule has 188 valence electrons. The summed E-state index contributed by atoms with van der Waals surface area (Å²) in [6, 6.07) is 26.6. The quantitative estimate of drug-likeness (QED) is 0.328. The summed E-state index contributed by atoms with van der Waals surface area (Å²) in [5, 5.41) is 0. The second-order valence-corrected chi connectivity index (χ2v) is 11.5. The van der Waals surface area contributed by atoms with Crippen LogP contribution in [0.4, 0.5) is 0 Å². The van der Waals surface area contributed by atoms with E-state index in [-0.39, 0.29) is 16.2 Å². The lowest BCUT2D eigenvalue weighted by Gasteiger charge is -2.36. The van der Waals surface area contributed by atoms with Gasteiger partial charge in [-0.3, -0.25) is 0 Å². The van der Waals surface area contributed by atoms with Gasteiger partial charge < -0.3 is 4.74 Å². The average molecular weight is 487 g/mol. The summed E-state index contributed by atoms with van der Waals surface area (Å²) in [6.07, 6.45) is 18.4. The number of hydrogen-bond acceptors (Lipinski definition) is 1. The van der Waals surface area contributed by atoms with Crippen LogP contribution in [0.15, 0.2) is 121 Å². The zero-order valence-corrected chi connectivity index (χ0v) is 23.0. The smallest absolute Gasteiger partial charge is 0.129 e. The molecule has 0 aromatic heterocycles. The van der Waals surface area contributed by atoms with Crippen molar-refractivity contribution in [2.24, 2.45) is 0 Å². The normalized spacial score (nSPS) is 30.5. The minimum Gasteiger partial charge on any atom is -0.365 e. The third kappa shape index (κ3) is 4.58. The number of aryl methyl sites for hydroxylation is 2. The molecule has 3 aromatic rings. The summed E-state index contributed by atoms with van der Waals surface area (Å²) in [4.78, 5) is 0. The van der Waals surface area contributed by atoms with Gasteiger partial charge in [0.1, 0.15) is 5.60 Å². The molecule has 2 aliphatic carbocycles. The van der Waals surface area contributed by atoms with Gasteiger partial charge in [-0.15, -0.1) is 0 Å². The maximum Gasteiger partial charge on any atom is 0.129 e. The molecule has 0 bridgehead atoms. The van der Waals surface area contributed by atoms with Crippen molar-refractivity contribution in [3.63, 3.8) is 0 Å². The summed E-state index contributed by atoms with van der Waals surface area (Å²) in [7, 11) is 1.78. The number of benzene rings is 3. The molecule has 0 N–H and O–H groups in total. The first-order chi connectivity index (χ1) is 17.6. The Morgan fingerprint density at radius 2 is 0.676 bits per heavy atom. The van der Waals surface area contributed by atoms with Gasteiger partial charge in [-0.1, -0.05) is 120 Å². The van der Waals surface area contributed by atoms with Gasteiger partial charge in [-0.2, -0.15) is 0 Å². The van der Waals surface area contributed by atoms with E-state index in [0.29, 0.717) is 0 Å². The SMILES string of the molecule is COC1(c2ccc(C)cc2)C=CC(C)(c2ccc(C3(C)C=CC(C)(c4ccc(C)cc4)C=C3)cc2)C=C1. The van der Waals surface area contributed by atoms with Gasteiger partial charge in [0, 0.05) is 23.4 Å². The maximum absolute atomic E-state index is 6.01. The van der Waals surface area contributed by atoms with Crippen LogP contribution < -0.4 is 0 Å². The zero-order chi connectivity index (χ0) is 26.3. The fourth-order valence-corrected chi connectivity index (χ4v) is 5.45. The van der Waals surface area contributed by atoms with Crippen LogP contribution in [0.1, 0.15) is 54.2 Å². The Kier molecular flexibility index (Phi) is 6.24. The van der Waals surface area contributed by atoms with Crippen molar-refractivity contribution >= 4 is 0 Å². The van der Waals surface area contributed by atoms with E-state index in [1.165, 1.54) is 27.8 Å². The number of hydrogen-bond donors (Lipinski definition) is 0. The molecule has 0 saturated heterocycles. The minimum atomic E-state index is -0.525. The largest absolute Gasteiger partial charge is 0.365 e. The molecule has 0 spiro atoms. The second kappa shape index (κ2) is 9.15. The first kappa shape index (κ1) is 25.2. The van der Waals surface area contributed by atoms with Crippen molar-refractivity contribution in [2.45, 2.75) is 56.5 Å². The summed E-state index contributed by atoms with van der Waals surface area (Å²) in [6.45, 7) is 11.1. The molecule has 0 saturated carbocycles. The third-order valence-corrected chi connectivity index (χ3v) is 8.55. The van der Waals surface area contributed by atoms with Gasteiger partial charge in [0.25, 0.3) is 0 Å². The van der Waals surface area contributed by atoms with Crippen molar-refractivity contribution < 1.29 is 4.74 Å². The highest BCUT2D eigenvalue weighted by Crippen LogP contribution is 2.41. The molecule has 1 nitrogen and oxygen atoms in total. The van der Waals surface area contributed by atoms with Crippen molar-refractivity contribution in [2.75, 3.05) is 7.11 Å². The predicted molar refractivity (Wildman–Crippen MR) is 156 cm³/mol. The predicted octanol–water partition coefficient (Wildman–Crippen LogP) is 8.57. The summed E-state index contributed by atoms with van der Waals surface area (Å²) in [5.41, 5.74) is 6.66. The summed E-state index contributed by atoms with van der Waals surface area (Å²) >= 11 is 0. The van der Waals surface area contributed by atoms with Gasteiger partial charge in [0.2, 0.25) is 0 Å². The number of methoxy groups -OCH3 is 1. The molecule has 0 unspecified atom stereocenters. The van der Waals surface area contributed by atoms with Gasteiger partial charge in [0.15, 0.2) is 0 Å². The molecule has 0 radical (unpaired) electrons. The lowest BCUT2D eigenvalue weighted by Crippen LogP contribution is -2.30. The first-order valence-electron chi connectivity index (χ1n) is 13.2. The Morgan fingerprint density at radius 1 is 0.405 bits per heavy atom. The lowest BCUT2D eigenvalue weighted by atomic mass is 9.70. The van der Waals surface area contributed by atoms with E-state index < -0.39 is 5.60 Å². The van der Waals surface area contributed by atoms with Gasteiger partial charge in [-0.05, 0) is 69.0 Å². The van der Waals surface area contributed by atoms with E-state index in [1.807, 2.05) is 0 Å². The Hall–Kier alpha value is -3.42. The Morgan fingerprint density at radius 3 is 1.00 bits per heavy atom. The summed E-state index contributed by atoms with van der Waals surface area (Å²) in [5.74, 6) is 0. The Bertz CT molecular complexity index is 1350. The van der Waals surface area contributed by atoms with Crippen LogP contribution in [0, 0.1) is 13.8 Å². The first-order valence-corrected chi connectivity index (χ1v) is 13.2. The molecule has 0 atom stereocenters. The molecule has 2 aliphatic rings. The highest BCUT2D eigenvalue weighted by Gasteiger charge is 2.34.